The maximum absolute atomic E-state index is 11.4. The third kappa shape index (κ3) is 1.45. The summed E-state index contributed by atoms with van der Waals surface area (Å²) in [7, 11) is 0. The molecule has 0 saturated heterocycles. The average molecular weight is 243 g/mol. The Morgan fingerprint density at radius 3 is 2.83 bits per heavy atom. The number of aryl methyl sites for hydroxylation is 1. The van der Waals surface area contributed by atoms with Gasteiger partial charge in [0.05, 0.1) is 23.1 Å². The minimum absolute atomic E-state index is 0.117. The number of hydrogen-bond acceptors (Lipinski definition) is 4. The van der Waals surface area contributed by atoms with Gasteiger partial charge in [-0.25, -0.2) is 19.7 Å². The molecule has 3 aromatic heterocycles. The van der Waals surface area contributed by atoms with Crippen LogP contribution >= 0.6 is 0 Å². The standard InChI is InChI=1S/C11H9N5O2/c1-5-2-12-9(16-5)6-3-13-10-8(14-4-15-10)7(6)11(17)18/h2-4H,1H3,(H,12,16)(H,17,18)(H,13,14,15). The molecule has 0 bridgehead atoms. The Bertz CT molecular complexity index is 743. The molecule has 0 unspecified atom stereocenters. The Morgan fingerprint density at radius 1 is 1.33 bits per heavy atom. The van der Waals surface area contributed by atoms with E-state index in [1.807, 2.05) is 6.92 Å². The highest BCUT2D eigenvalue weighted by atomic mass is 16.4. The van der Waals surface area contributed by atoms with Gasteiger partial charge in [-0.3, -0.25) is 0 Å². The van der Waals surface area contributed by atoms with Crippen LogP contribution in [0.4, 0.5) is 0 Å². The van der Waals surface area contributed by atoms with Crippen LogP contribution in [0.15, 0.2) is 18.7 Å². The number of aromatic nitrogens is 5. The van der Waals surface area contributed by atoms with Gasteiger partial charge in [-0.05, 0) is 6.92 Å². The molecule has 7 nitrogen and oxygen atoms in total. The summed E-state index contributed by atoms with van der Waals surface area (Å²) in [5, 5.41) is 9.33. The highest BCUT2D eigenvalue weighted by Crippen LogP contribution is 2.25. The van der Waals surface area contributed by atoms with Crippen molar-refractivity contribution in [3.8, 4) is 11.4 Å². The van der Waals surface area contributed by atoms with Crippen molar-refractivity contribution in [3.05, 3.63) is 30.0 Å². The molecule has 3 aromatic rings. The number of aromatic carboxylic acids is 1. The zero-order valence-electron chi connectivity index (χ0n) is 9.43. The van der Waals surface area contributed by atoms with Gasteiger partial charge in [0, 0.05) is 12.4 Å². The molecule has 0 aliphatic rings. The van der Waals surface area contributed by atoms with E-state index in [9.17, 15) is 9.90 Å². The second kappa shape index (κ2) is 3.66. The highest BCUT2D eigenvalue weighted by molar-refractivity contribution is 6.05. The molecule has 18 heavy (non-hydrogen) atoms. The lowest BCUT2D eigenvalue weighted by Gasteiger charge is -2.03. The molecule has 0 saturated carbocycles. The van der Waals surface area contributed by atoms with E-state index in [-0.39, 0.29) is 5.56 Å². The number of H-pyrrole nitrogens is 2. The first-order chi connectivity index (χ1) is 8.66. The Labute approximate surface area is 101 Å². The molecule has 3 N–H and O–H groups in total. The lowest BCUT2D eigenvalue weighted by atomic mass is 10.1. The first-order valence-electron chi connectivity index (χ1n) is 5.24. The number of carboxylic acid groups (broad SMARTS) is 1. The lowest BCUT2D eigenvalue weighted by Crippen LogP contribution is -2.03. The number of aromatic amines is 2. The molecular formula is C11H9N5O2. The molecule has 0 aliphatic carbocycles. The zero-order valence-corrected chi connectivity index (χ0v) is 9.43. The largest absolute Gasteiger partial charge is 0.478 e. The molecule has 0 amide bonds. The molecule has 0 aliphatic heterocycles. The van der Waals surface area contributed by atoms with Gasteiger partial charge in [0.1, 0.15) is 11.3 Å². The van der Waals surface area contributed by atoms with Crippen molar-refractivity contribution in [2.45, 2.75) is 6.92 Å². The number of rotatable bonds is 2. The number of fused-ring (bicyclic) bond motifs is 1. The third-order valence-corrected chi connectivity index (χ3v) is 2.63. The fourth-order valence-corrected chi connectivity index (χ4v) is 1.85. The predicted molar refractivity (Wildman–Crippen MR) is 63.2 cm³/mol. The van der Waals surface area contributed by atoms with E-state index in [0.717, 1.165) is 5.69 Å². The zero-order chi connectivity index (χ0) is 12.7. The SMILES string of the molecule is Cc1c[nH]c(-c2cnc3nc[nH]c3c2C(=O)O)n1. The molecule has 3 heterocycles. The topological polar surface area (TPSA) is 108 Å². The summed E-state index contributed by atoms with van der Waals surface area (Å²) >= 11 is 0. The Morgan fingerprint density at radius 2 is 2.17 bits per heavy atom. The van der Waals surface area contributed by atoms with Crippen molar-refractivity contribution in [2.75, 3.05) is 0 Å². The van der Waals surface area contributed by atoms with E-state index >= 15 is 0 Å². The lowest BCUT2D eigenvalue weighted by molar-refractivity contribution is 0.0699. The maximum Gasteiger partial charge on any atom is 0.338 e. The molecule has 7 heteroatoms. The third-order valence-electron chi connectivity index (χ3n) is 2.63. The molecule has 0 fully saturated rings. The second-order valence-corrected chi connectivity index (χ2v) is 3.84. The van der Waals surface area contributed by atoms with Crippen LogP contribution in [0, 0.1) is 6.92 Å². The van der Waals surface area contributed by atoms with Gasteiger partial charge < -0.3 is 15.1 Å². The van der Waals surface area contributed by atoms with Gasteiger partial charge >= 0.3 is 5.97 Å². The van der Waals surface area contributed by atoms with Crippen molar-refractivity contribution in [1.82, 2.24) is 24.9 Å². The van der Waals surface area contributed by atoms with Crippen LogP contribution in [0.25, 0.3) is 22.6 Å². The van der Waals surface area contributed by atoms with Crippen LogP contribution in [0.3, 0.4) is 0 Å². The van der Waals surface area contributed by atoms with E-state index in [4.69, 9.17) is 0 Å². The van der Waals surface area contributed by atoms with Crippen LogP contribution < -0.4 is 0 Å². The van der Waals surface area contributed by atoms with Gasteiger partial charge in [-0.2, -0.15) is 0 Å². The average Bonchev–Trinajstić information content (AvgIpc) is 2.95. The van der Waals surface area contributed by atoms with E-state index in [1.165, 1.54) is 12.5 Å². The van der Waals surface area contributed by atoms with Crippen molar-refractivity contribution < 1.29 is 9.90 Å². The number of imidazole rings is 2. The molecule has 90 valence electrons. The van der Waals surface area contributed by atoms with Gasteiger partial charge in [0.15, 0.2) is 5.65 Å². The summed E-state index contributed by atoms with van der Waals surface area (Å²) in [6.07, 6.45) is 4.59. The fraction of sp³-hybridized carbons (Fsp3) is 0.0909. The predicted octanol–water partition coefficient (Wildman–Crippen LogP) is 1.35. The molecular weight excluding hydrogens is 234 g/mol. The summed E-state index contributed by atoms with van der Waals surface area (Å²) in [6.45, 7) is 1.82. The maximum atomic E-state index is 11.4. The summed E-state index contributed by atoms with van der Waals surface area (Å²) in [4.78, 5) is 29.4. The van der Waals surface area contributed by atoms with Crippen molar-refractivity contribution in [3.63, 3.8) is 0 Å². The molecule has 3 rings (SSSR count). The van der Waals surface area contributed by atoms with Crippen molar-refractivity contribution in [2.24, 2.45) is 0 Å². The van der Waals surface area contributed by atoms with Crippen LogP contribution in [-0.4, -0.2) is 36.0 Å². The summed E-state index contributed by atoms with van der Waals surface area (Å²) in [6, 6.07) is 0. The number of hydrogen-bond donors (Lipinski definition) is 3. The van der Waals surface area contributed by atoms with Crippen LogP contribution in [0.2, 0.25) is 0 Å². The van der Waals surface area contributed by atoms with Gasteiger partial charge in [-0.15, -0.1) is 0 Å². The number of carbonyl (C=O) groups is 1. The number of nitrogens with one attached hydrogen (secondary N) is 2. The first kappa shape index (κ1) is 10.5. The number of nitrogens with zero attached hydrogens (tertiary/aromatic N) is 3. The van der Waals surface area contributed by atoms with Crippen LogP contribution in [0.5, 0.6) is 0 Å². The van der Waals surface area contributed by atoms with Gasteiger partial charge in [0.2, 0.25) is 0 Å². The summed E-state index contributed by atoms with van der Waals surface area (Å²) < 4.78 is 0. The Hall–Kier alpha value is -2.70. The second-order valence-electron chi connectivity index (χ2n) is 3.84. The number of carboxylic acids is 1. The van der Waals surface area contributed by atoms with Gasteiger partial charge in [0.25, 0.3) is 0 Å². The summed E-state index contributed by atoms with van der Waals surface area (Å²) in [5.74, 6) is -0.565. The van der Waals surface area contributed by atoms with Crippen LogP contribution in [-0.2, 0) is 0 Å². The van der Waals surface area contributed by atoms with Gasteiger partial charge in [-0.1, -0.05) is 0 Å². The molecule has 0 radical (unpaired) electrons. The summed E-state index contributed by atoms with van der Waals surface area (Å²) in [5.41, 5.74) is 2.11. The minimum atomic E-state index is -1.05. The van der Waals surface area contributed by atoms with E-state index in [0.29, 0.717) is 22.6 Å². The quantitative estimate of drug-likeness (QED) is 0.629. The Kier molecular flexibility index (Phi) is 2.12. The highest BCUT2D eigenvalue weighted by Gasteiger charge is 2.19. The Balaban J connectivity index is 2.34. The van der Waals surface area contributed by atoms with Crippen molar-refractivity contribution >= 4 is 17.1 Å². The minimum Gasteiger partial charge on any atom is -0.478 e. The normalized spacial score (nSPS) is 10.9. The van der Waals surface area contributed by atoms with E-state index < -0.39 is 5.97 Å². The molecule has 0 atom stereocenters. The number of pyridine rings is 1. The molecule has 0 aromatic carbocycles. The fourth-order valence-electron chi connectivity index (χ4n) is 1.85. The molecule has 0 spiro atoms. The van der Waals surface area contributed by atoms with E-state index in [2.05, 4.69) is 24.9 Å². The monoisotopic (exact) mass is 243 g/mol. The smallest absolute Gasteiger partial charge is 0.338 e. The van der Waals surface area contributed by atoms with E-state index in [1.54, 1.807) is 6.20 Å². The van der Waals surface area contributed by atoms with Crippen molar-refractivity contribution in [1.29, 1.82) is 0 Å². The van der Waals surface area contributed by atoms with Crippen LogP contribution in [0.1, 0.15) is 16.1 Å². The first-order valence-corrected chi connectivity index (χ1v) is 5.24.